The van der Waals surface area contributed by atoms with Crippen molar-refractivity contribution >= 4 is 17.2 Å². The minimum Gasteiger partial charge on any atom is -0.335 e. The standard InChI is InChI=1S/C15H23N3OS/c1-12(2)14(19)18-8-5-15(18)4-3-7-17(11-15)10-13-16-6-9-20-13/h6,9,12H,3-5,7-8,10-11H2,1-2H3/t15-/m0/s1. The molecule has 0 aromatic carbocycles. The topological polar surface area (TPSA) is 36.4 Å². The molecule has 0 saturated carbocycles. The third-order valence-corrected chi connectivity index (χ3v) is 5.37. The van der Waals surface area contributed by atoms with Gasteiger partial charge in [-0.15, -0.1) is 11.3 Å². The van der Waals surface area contributed by atoms with Crippen LogP contribution in [0.1, 0.15) is 38.1 Å². The van der Waals surface area contributed by atoms with Crippen molar-refractivity contribution in [2.24, 2.45) is 5.92 Å². The van der Waals surface area contributed by atoms with Crippen molar-refractivity contribution in [3.8, 4) is 0 Å². The summed E-state index contributed by atoms with van der Waals surface area (Å²) in [6, 6.07) is 0. The van der Waals surface area contributed by atoms with Crippen LogP contribution in [-0.2, 0) is 11.3 Å². The van der Waals surface area contributed by atoms with E-state index < -0.39 is 0 Å². The highest BCUT2D eigenvalue weighted by Crippen LogP contribution is 2.39. The van der Waals surface area contributed by atoms with Crippen LogP contribution in [0.25, 0.3) is 0 Å². The van der Waals surface area contributed by atoms with Crippen molar-refractivity contribution in [1.29, 1.82) is 0 Å². The fourth-order valence-corrected chi connectivity index (χ4v) is 4.14. The van der Waals surface area contributed by atoms with Crippen LogP contribution < -0.4 is 0 Å². The Morgan fingerprint density at radius 3 is 2.90 bits per heavy atom. The summed E-state index contributed by atoms with van der Waals surface area (Å²) in [5, 5.41) is 3.22. The molecule has 0 radical (unpaired) electrons. The second-order valence-electron chi connectivity index (χ2n) is 6.36. The number of hydrogen-bond donors (Lipinski definition) is 0. The molecule has 2 fully saturated rings. The zero-order chi connectivity index (χ0) is 14.2. The Morgan fingerprint density at radius 2 is 2.30 bits per heavy atom. The first-order valence-electron chi connectivity index (χ1n) is 7.53. The van der Waals surface area contributed by atoms with Crippen molar-refractivity contribution in [2.45, 2.75) is 45.2 Å². The number of piperidine rings is 1. The summed E-state index contributed by atoms with van der Waals surface area (Å²) in [4.78, 5) is 21.3. The number of hydrogen-bond acceptors (Lipinski definition) is 4. The molecule has 1 aromatic rings. The van der Waals surface area contributed by atoms with Crippen LogP contribution in [0.4, 0.5) is 0 Å². The first kappa shape index (κ1) is 14.0. The van der Waals surface area contributed by atoms with Gasteiger partial charge in [-0.2, -0.15) is 0 Å². The number of amides is 1. The number of likely N-dealkylation sites (tertiary alicyclic amines) is 2. The third kappa shape index (κ3) is 2.49. The summed E-state index contributed by atoms with van der Waals surface area (Å²) < 4.78 is 0. The molecular weight excluding hydrogens is 270 g/mol. The zero-order valence-electron chi connectivity index (χ0n) is 12.3. The van der Waals surface area contributed by atoms with Gasteiger partial charge in [0, 0.05) is 30.6 Å². The Balaban J connectivity index is 1.67. The summed E-state index contributed by atoms with van der Waals surface area (Å²) in [7, 11) is 0. The van der Waals surface area contributed by atoms with E-state index in [4.69, 9.17) is 0 Å². The van der Waals surface area contributed by atoms with Gasteiger partial charge >= 0.3 is 0 Å². The van der Waals surface area contributed by atoms with E-state index in [1.807, 2.05) is 25.4 Å². The maximum Gasteiger partial charge on any atom is 0.225 e. The molecule has 2 saturated heterocycles. The monoisotopic (exact) mass is 293 g/mol. The van der Waals surface area contributed by atoms with Gasteiger partial charge in [0.25, 0.3) is 0 Å². The molecule has 1 amide bonds. The van der Waals surface area contributed by atoms with Crippen molar-refractivity contribution in [1.82, 2.24) is 14.8 Å². The van der Waals surface area contributed by atoms with Crippen molar-refractivity contribution in [3.05, 3.63) is 16.6 Å². The Bertz CT molecular complexity index is 473. The van der Waals surface area contributed by atoms with Crippen molar-refractivity contribution in [2.75, 3.05) is 19.6 Å². The van der Waals surface area contributed by atoms with Gasteiger partial charge in [-0.05, 0) is 25.8 Å². The van der Waals surface area contributed by atoms with Crippen LogP contribution in [0.5, 0.6) is 0 Å². The number of thiazole rings is 1. The average Bonchev–Trinajstić information content (AvgIpc) is 2.90. The molecule has 1 aromatic heterocycles. The molecule has 3 rings (SSSR count). The van der Waals surface area contributed by atoms with Gasteiger partial charge in [0.05, 0.1) is 12.1 Å². The van der Waals surface area contributed by atoms with E-state index in [2.05, 4.69) is 14.8 Å². The fourth-order valence-electron chi connectivity index (χ4n) is 3.48. The maximum absolute atomic E-state index is 12.3. The summed E-state index contributed by atoms with van der Waals surface area (Å²) in [5.41, 5.74) is 0.122. The molecule has 5 heteroatoms. The van der Waals surface area contributed by atoms with E-state index in [1.165, 1.54) is 24.3 Å². The van der Waals surface area contributed by atoms with Crippen LogP contribution >= 0.6 is 11.3 Å². The van der Waals surface area contributed by atoms with E-state index in [1.54, 1.807) is 11.3 Å². The van der Waals surface area contributed by atoms with Crippen LogP contribution in [0, 0.1) is 5.92 Å². The lowest BCUT2D eigenvalue weighted by molar-refractivity contribution is -0.156. The summed E-state index contributed by atoms with van der Waals surface area (Å²) in [6.45, 7) is 8.04. The number of nitrogens with zero attached hydrogens (tertiary/aromatic N) is 3. The first-order chi connectivity index (χ1) is 9.61. The molecule has 0 N–H and O–H groups in total. The lowest BCUT2D eigenvalue weighted by Crippen LogP contribution is -2.68. The highest BCUT2D eigenvalue weighted by Gasteiger charge is 2.49. The van der Waals surface area contributed by atoms with E-state index in [-0.39, 0.29) is 11.5 Å². The Morgan fingerprint density at radius 1 is 1.45 bits per heavy atom. The SMILES string of the molecule is CC(C)C(=O)N1CC[C@]12CCCN(Cc1nccs1)C2. The Hall–Kier alpha value is -0.940. The molecule has 110 valence electrons. The quantitative estimate of drug-likeness (QED) is 0.858. The number of aromatic nitrogens is 1. The lowest BCUT2D eigenvalue weighted by Gasteiger charge is -2.57. The fraction of sp³-hybridized carbons (Fsp3) is 0.733. The molecule has 0 unspecified atom stereocenters. The minimum absolute atomic E-state index is 0.113. The van der Waals surface area contributed by atoms with Crippen LogP contribution in [0.2, 0.25) is 0 Å². The van der Waals surface area contributed by atoms with Crippen LogP contribution in [-0.4, -0.2) is 45.9 Å². The Kier molecular flexibility index (Phi) is 3.82. The van der Waals surface area contributed by atoms with Crippen molar-refractivity contribution in [3.63, 3.8) is 0 Å². The maximum atomic E-state index is 12.3. The first-order valence-corrected chi connectivity index (χ1v) is 8.41. The minimum atomic E-state index is 0.113. The molecule has 2 aliphatic rings. The van der Waals surface area contributed by atoms with Gasteiger partial charge in [0.2, 0.25) is 5.91 Å². The molecule has 1 atom stereocenters. The zero-order valence-corrected chi connectivity index (χ0v) is 13.2. The smallest absolute Gasteiger partial charge is 0.225 e. The van der Waals surface area contributed by atoms with E-state index >= 15 is 0 Å². The van der Waals surface area contributed by atoms with Gasteiger partial charge in [0.15, 0.2) is 0 Å². The Labute approximate surface area is 124 Å². The highest BCUT2D eigenvalue weighted by molar-refractivity contribution is 7.09. The van der Waals surface area contributed by atoms with Gasteiger partial charge in [0.1, 0.15) is 5.01 Å². The molecule has 3 heterocycles. The summed E-state index contributed by atoms with van der Waals surface area (Å²) in [5.74, 6) is 0.439. The van der Waals surface area contributed by atoms with Gasteiger partial charge in [-0.25, -0.2) is 4.98 Å². The second-order valence-corrected chi connectivity index (χ2v) is 7.34. The molecule has 4 nitrogen and oxygen atoms in total. The van der Waals surface area contributed by atoms with E-state index in [9.17, 15) is 4.79 Å². The number of rotatable bonds is 3. The van der Waals surface area contributed by atoms with E-state index in [0.29, 0.717) is 5.91 Å². The summed E-state index contributed by atoms with van der Waals surface area (Å²) in [6.07, 6.45) is 5.39. The average molecular weight is 293 g/mol. The molecule has 1 spiro atoms. The predicted octanol–water partition coefficient (Wildman–Crippen LogP) is 2.37. The molecule has 0 aliphatic carbocycles. The molecular formula is C15H23N3OS. The molecule has 0 bridgehead atoms. The second kappa shape index (κ2) is 5.45. The third-order valence-electron chi connectivity index (χ3n) is 4.61. The van der Waals surface area contributed by atoms with Gasteiger partial charge in [-0.3, -0.25) is 9.69 Å². The normalized spacial score (nSPS) is 27.1. The lowest BCUT2D eigenvalue weighted by atomic mass is 9.77. The molecule has 20 heavy (non-hydrogen) atoms. The predicted molar refractivity (Wildman–Crippen MR) is 80.5 cm³/mol. The van der Waals surface area contributed by atoms with Crippen LogP contribution in [0.15, 0.2) is 11.6 Å². The van der Waals surface area contributed by atoms with Crippen molar-refractivity contribution < 1.29 is 4.79 Å². The largest absolute Gasteiger partial charge is 0.335 e. The highest BCUT2D eigenvalue weighted by atomic mass is 32.1. The van der Waals surface area contributed by atoms with E-state index in [0.717, 1.165) is 26.2 Å². The van der Waals surface area contributed by atoms with Gasteiger partial charge < -0.3 is 4.90 Å². The van der Waals surface area contributed by atoms with Crippen LogP contribution in [0.3, 0.4) is 0 Å². The number of carbonyl (C=O) groups is 1. The van der Waals surface area contributed by atoms with Gasteiger partial charge in [-0.1, -0.05) is 13.8 Å². The summed E-state index contributed by atoms with van der Waals surface area (Å²) >= 11 is 1.72. The number of carbonyl (C=O) groups excluding carboxylic acids is 1. The molecule has 2 aliphatic heterocycles.